The van der Waals surface area contributed by atoms with Gasteiger partial charge in [-0.2, -0.15) is 0 Å². The zero-order chi connectivity index (χ0) is 39.4. The van der Waals surface area contributed by atoms with Crippen LogP contribution in [0, 0.1) is 0 Å². The summed E-state index contributed by atoms with van der Waals surface area (Å²) in [5.41, 5.74) is 0.973. The van der Waals surface area contributed by atoms with Gasteiger partial charge in [-0.15, -0.1) is 0 Å². The topological polar surface area (TPSA) is 277 Å². The first-order chi connectivity index (χ1) is 24.4. The number of hydrogen-bond acceptors (Lipinski definition) is 12. The molecule has 0 aromatic heterocycles. The van der Waals surface area contributed by atoms with Crippen molar-refractivity contribution in [1.82, 2.24) is 0 Å². The molecule has 0 spiro atoms. The van der Waals surface area contributed by atoms with Crippen molar-refractivity contribution in [3.8, 4) is 0 Å². The molecule has 0 radical (unpaired) electrons. The number of rotatable bonds is 8. The molecule has 16 nitrogen and oxygen atoms in total. The molecule has 0 atom stereocenters. The van der Waals surface area contributed by atoms with E-state index in [4.69, 9.17) is 0 Å². The summed E-state index contributed by atoms with van der Waals surface area (Å²) in [6.07, 6.45) is 0. The first kappa shape index (κ1) is 46.6. The molecule has 4 aromatic rings. The van der Waals surface area contributed by atoms with Crippen molar-refractivity contribution < 1.29 is 58.8 Å². The summed E-state index contributed by atoms with van der Waals surface area (Å²) < 4.78 is 0. The van der Waals surface area contributed by atoms with Crippen LogP contribution in [0.3, 0.4) is 0 Å². The maximum atomic E-state index is 10.7. The Balaban J connectivity index is 0.000000676. The number of anilines is 4. The molecule has 0 aliphatic heterocycles. The van der Waals surface area contributed by atoms with Gasteiger partial charge in [0.2, 0.25) is 23.6 Å². The second kappa shape index (κ2) is 23.9. The van der Waals surface area contributed by atoms with E-state index in [0.717, 1.165) is 0 Å². The van der Waals surface area contributed by atoms with Gasteiger partial charge in [0.1, 0.15) is 0 Å². The Kier molecular flexibility index (Phi) is 21.0. The van der Waals surface area contributed by atoms with E-state index in [1.165, 1.54) is 76.2 Å². The van der Waals surface area contributed by atoms with E-state index >= 15 is 0 Å². The second-order valence-electron chi connectivity index (χ2n) is 10.1. The summed E-state index contributed by atoms with van der Waals surface area (Å²) in [4.78, 5) is 84.8. The summed E-state index contributed by atoms with van der Waals surface area (Å²) in [5.74, 6) is -6.45. The smallest absolute Gasteiger partial charge is 0.545 e. The number of para-hydroxylation sites is 4. The van der Waals surface area contributed by atoms with Gasteiger partial charge in [0, 0.05) is 72.7 Å². The predicted octanol–water partition coefficient (Wildman–Crippen LogP) is -0.347. The minimum atomic E-state index is -1.30. The van der Waals surface area contributed by atoms with Crippen LogP contribution in [0.2, 0.25) is 0 Å². The summed E-state index contributed by atoms with van der Waals surface area (Å²) in [6, 6.07) is 24.3. The zero-order valence-corrected chi connectivity index (χ0v) is 32.5. The Morgan fingerprint density at radius 1 is 0.340 bits per heavy atom. The Hall–Kier alpha value is -6.44. The summed E-state index contributed by atoms with van der Waals surface area (Å²) in [6.45, 7) is 5.25. The predicted molar refractivity (Wildman–Crippen MR) is 186 cm³/mol. The van der Waals surface area contributed by atoms with Gasteiger partial charge < -0.3 is 60.9 Å². The van der Waals surface area contributed by atoms with Crippen molar-refractivity contribution in [3.63, 3.8) is 0 Å². The van der Waals surface area contributed by atoms with Gasteiger partial charge in [-0.05, 0) is 24.3 Å². The Morgan fingerprint density at radius 2 is 0.491 bits per heavy atom. The van der Waals surface area contributed by atoms with E-state index < -0.39 is 23.9 Å². The van der Waals surface area contributed by atoms with Gasteiger partial charge in [0.15, 0.2) is 0 Å². The SMILES string of the molecule is CC(=O)Nc1ccccc1C(=O)[O-].CC(=O)Nc1ccccc1C(=O)[O-].CC(=O)Nc1ccccc1C(=O)[O-].CC(=O)Nc1ccccc1C(=O)[O-].[Pb+4]. The Bertz CT molecular complexity index is 1670. The largest absolute Gasteiger partial charge is 4.00 e. The molecule has 0 saturated heterocycles. The quantitative estimate of drug-likeness (QED) is 0.165. The molecule has 4 aromatic carbocycles. The second-order valence-corrected chi connectivity index (χ2v) is 10.1. The number of aromatic carboxylic acids is 4. The molecule has 0 bridgehead atoms. The van der Waals surface area contributed by atoms with Crippen LogP contribution < -0.4 is 41.7 Å². The van der Waals surface area contributed by atoms with Crippen LogP contribution in [0.5, 0.6) is 0 Å². The molecule has 4 rings (SSSR count). The molecule has 53 heavy (non-hydrogen) atoms. The molecule has 0 unspecified atom stereocenters. The normalized spacial score (nSPS) is 9.13. The van der Waals surface area contributed by atoms with Gasteiger partial charge in [0.25, 0.3) is 0 Å². The van der Waals surface area contributed by atoms with E-state index in [0.29, 0.717) is 0 Å². The number of carboxylic acid groups (broad SMARTS) is 4. The molecule has 4 amide bonds. The average molecular weight is 920 g/mol. The molecular weight excluding hydrogens is 888 g/mol. The molecule has 0 fully saturated rings. The number of amides is 4. The number of benzene rings is 4. The number of hydrogen-bond donors (Lipinski definition) is 4. The zero-order valence-electron chi connectivity index (χ0n) is 28.6. The third-order valence-electron chi connectivity index (χ3n) is 5.83. The van der Waals surface area contributed by atoms with Crippen LogP contribution in [-0.4, -0.2) is 74.8 Å². The van der Waals surface area contributed by atoms with Crippen molar-refractivity contribution in [3.05, 3.63) is 119 Å². The number of carbonyl (C=O) groups is 8. The van der Waals surface area contributed by atoms with Crippen LogP contribution in [0.1, 0.15) is 69.1 Å². The third-order valence-corrected chi connectivity index (χ3v) is 5.83. The molecule has 0 saturated carbocycles. The maximum Gasteiger partial charge on any atom is 4.00 e. The minimum absolute atomic E-state index is 0. The molecule has 0 aliphatic carbocycles. The summed E-state index contributed by atoms with van der Waals surface area (Å²) in [5, 5.41) is 51.7. The standard InChI is InChI=1S/4C9H9NO3.Pb/c4*1-6(11)10-8-5-3-2-4-7(8)9(12)13;/h4*2-5H,1H3,(H,10,11)(H,12,13);/q;;;;+4/p-4. The first-order valence-electron chi connectivity index (χ1n) is 14.8. The molecular formula is C36H32N4O12Pb. The Labute approximate surface area is 323 Å². The summed E-state index contributed by atoms with van der Waals surface area (Å²) >= 11 is 0. The van der Waals surface area contributed by atoms with Crippen LogP contribution >= 0.6 is 0 Å². The van der Waals surface area contributed by atoms with Crippen LogP contribution in [0.4, 0.5) is 22.7 Å². The molecule has 0 heterocycles. The fraction of sp³-hybridized carbons (Fsp3) is 0.111. The van der Waals surface area contributed by atoms with Gasteiger partial charge in [-0.1, -0.05) is 72.8 Å². The number of carbonyl (C=O) groups excluding carboxylic acids is 8. The van der Waals surface area contributed by atoms with E-state index in [1.807, 2.05) is 0 Å². The fourth-order valence-electron chi connectivity index (χ4n) is 3.84. The molecule has 4 N–H and O–H groups in total. The van der Waals surface area contributed by atoms with Crippen molar-refractivity contribution in [2.45, 2.75) is 27.7 Å². The third kappa shape index (κ3) is 17.9. The number of carboxylic acids is 4. The van der Waals surface area contributed by atoms with E-state index in [9.17, 15) is 58.8 Å². The average Bonchev–Trinajstić information content (AvgIpc) is 3.05. The minimum Gasteiger partial charge on any atom is -0.545 e. The molecule has 0 aliphatic rings. The fourth-order valence-corrected chi connectivity index (χ4v) is 3.84. The molecule has 17 heteroatoms. The maximum absolute atomic E-state index is 10.7. The van der Waals surface area contributed by atoms with Crippen molar-refractivity contribution in [2.24, 2.45) is 0 Å². The Morgan fingerprint density at radius 3 is 0.623 bits per heavy atom. The van der Waals surface area contributed by atoms with Gasteiger partial charge >= 0.3 is 27.3 Å². The van der Waals surface area contributed by atoms with Gasteiger partial charge in [0.05, 0.1) is 23.9 Å². The number of nitrogens with one attached hydrogen (secondary N) is 4. The van der Waals surface area contributed by atoms with Crippen LogP contribution in [0.25, 0.3) is 0 Å². The van der Waals surface area contributed by atoms with Crippen molar-refractivity contribution in [1.29, 1.82) is 0 Å². The first-order valence-corrected chi connectivity index (χ1v) is 14.8. The van der Waals surface area contributed by atoms with E-state index in [-0.39, 0.29) is 95.9 Å². The van der Waals surface area contributed by atoms with Crippen LogP contribution in [-0.2, 0) is 19.2 Å². The molecule has 272 valence electrons. The monoisotopic (exact) mass is 920 g/mol. The van der Waals surface area contributed by atoms with Crippen LogP contribution in [0.15, 0.2) is 97.1 Å². The van der Waals surface area contributed by atoms with E-state index in [2.05, 4.69) is 21.3 Å². The van der Waals surface area contributed by atoms with Gasteiger partial charge in [-0.25, -0.2) is 0 Å². The van der Waals surface area contributed by atoms with Crippen molar-refractivity contribution in [2.75, 3.05) is 21.3 Å². The van der Waals surface area contributed by atoms with E-state index in [1.54, 1.807) is 48.5 Å². The van der Waals surface area contributed by atoms with Crippen molar-refractivity contribution >= 4 is 97.6 Å². The van der Waals surface area contributed by atoms with Gasteiger partial charge in [-0.3, -0.25) is 19.2 Å². The summed E-state index contributed by atoms with van der Waals surface area (Å²) in [7, 11) is 0.